The van der Waals surface area contributed by atoms with Gasteiger partial charge in [0.2, 0.25) is 0 Å². The first kappa shape index (κ1) is 86.5. The van der Waals surface area contributed by atoms with Crippen LogP contribution in [-0.4, -0.2) is 25.1 Å². The lowest BCUT2D eigenvalue weighted by molar-refractivity contribution is -0.128. The van der Waals surface area contributed by atoms with Crippen LogP contribution >= 0.6 is 0 Å². The Balaban J connectivity index is 1.16. The number of hydrogen-bond donors (Lipinski definition) is 1. The topological polar surface area (TPSA) is 118 Å². The summed E-state index contributed by atoms with van der Waals surface area (Å²) in [4.78, 5) is 14.6. The second-order valence-electron chi connectivity index (χ2n) is 41.9. The Morgan fingerprint density at radius 3 is 0.754 bits per heavy atom. The molecule has 2 fully saturated rings. The van der Waals surface area contributed by atoms with Gasteiger partial charge >= 0.3 is 10.1 Å². The van der Waals surface area contributed by atoms with Gasteiger partial charge in [0.05, 0.1) is 11.2 Å². The van der Waals surface area contributed by atoms with E-state index in [-0.39, 0.29) is 71.9 Å². The standard InChI is InChI=1S/C108H130O9S/c1-67-25-33-71(34-26-67)62-113-96-77-43-75-49-88(101(5,6)7)50-76(95(75)110)44-78-52-90(103(11,12)13)57-83(97(78)114-63-72-35-27-68(2)28-36-72)47-85-59-93(106(20,21)22)60-86(100(85)117-118(111,112)66-108-42-41-87(61-94(108)109)107(108,23)24)48-84-58-92(105(17,18)19)56-82(99(84)116-65-74-39-31-70(4)32-40-74)46-81-55-91(104(14,15)16)54-80(45-79(96)53-89(51-77)102(8,9)10)98(81)115-64-73-37-29-69(3)30-38-73/h25-40,49-60,87,110H,41-48,61-66H2,1-24H3/t87-,108-/m1/s1. The van der Waals surface area contributed by atoms with E-state index in [4.69, 9.17) is 23.1 Å². The number of phenolic OH excluding ortho intramolecular Hbond substituents is 1. The molecule has 14 bridgehead atoms. The molecule has 0 heterocycles. The number of rotatable bonds is 16. The number of ether oxygens (including phenoxy) is 4. The highest BCUT2D eigenvalue weighted by Crippen LogP contribution is 2.64. The Morgan fingerprint density at radius 2 is 0.551 bits per heavy atom. The van der Waals surface area contributed by atoms with E-state index in [1.807, 2.05) is 0 Å². The molecular formula is C108H130O9S. The van der Waals surface area contributed by atoms with Crippen molar-refractivity contribution >= 4 is 15.9 Å². The smallest absolute Gasteiger partial charge is 0.310 e. The fourth-order valence-electron chi connectivity index (χ4n) is 17.7. The lowest BCUT2D eigenvalue weighted by atomic mass is 9.70. The van der Waals surface area contributed by atoms with Gasteiger partial charge in [-0.15, -0.1) is 0 Å². The van der Waals surface area contributed by atoms with Crippen LogP contribution in [0.3, 0.4) is 0 Å². The van der Waals surface area contributed by atoms with E-state index in [0.29, 0.717) is 67.9 Å². The van der Waals surface area contributed by atoms with Crippen molar-refractivity contribution < 1.29 is 41.4 Å². The van der Waals surface area contributed by atoms with E-state index >= 15 is 8.42 Å². The van der Waals surface area contributed by atoms with Gasteiger partial charge in [-0.3, -0.25) is 4.79 Å². The fourth-order valence-corrected chi connectivity index (χ4v) is 19.5. The number of aromatic hydroxyl groups is 1. The lowest BCUT2D eigenvalue weighted by Gasteiger charge is -2.36. The number of aryl methyl sites for hydroxylation is 4. The van der Waals surface area contributed by atoms with Crippen LogP contribution in [-0.2, 0) is 112 Å². The predicted octanol–water partition coefficient (Wildman–Crippen LogP) is 25.7. The van der Waals surface area contributed by atoms with Gasteiger partial charge in [-0.05, 0) is 196 Å². The summed E-state index contributed by atoms with van der Waals surface area (Å²) in [6.45, 7) is 54.2. The number of phenols is 1. The molecule has 9 nitrogen and oxygen atoms in total. The summed E-state index contributed by atoms with van der Waals surface area (Å²) < 4.78 is 69.7. The van der Waals surface area contributed by atoms with E-state index in [9.17, 15) is 9.90 Å². The van der Waals surface area contributed by atoms with Crippen LogP contribution < -0.4 is 23.1 Å². The van der Waals surface area contributed by atoms with Gasteiger partial charge in [-0.2, -0.15) is 8.42 Å². The molecule has 0 aromatic heterocycles. The predicted molar refractivity (Wildman–Crippen MR) is 484 cm³/mol. The molecule has 0 saturated heterocycles. The van der Waals surface area contributed by atoms with Crippen LogP contribution in [0.2, 0.25) is 0 Å². The van der Waals surface area contributed by atoms with Crippen LogP contribution in [0.4, 0.5) is 0 Å². The molecule has 3 aliphatic carbocycles. The van der Waals surface area contributed by atoms with Gasteiger partial charge in [0.15, 0.2) is 0 Å². The number of benzene rings is 10. The third-order valence-corrected chi connectivity index (χ3v) is 27.0. The van der Waals surface area contributed by atoms with Gasteiger partial charge in [0.25, 0.3) is 0 Å². The number of hydrogen-bond acceptors (Lipinski definition) is 9. The molecule has 0 unspecified atom stereocenters. The van der Waals surface area contributed by atoms with Crippen molar-refractivity contribution in [2.75, 3.05) is 5.75 Å². The highest BCUT2D eigenvalue weighted by molar-refractivity contribution is 7.87. The number of fused-ring (bicyclic) bond motifs is 14. The normalized spacial score (nSPS) is 16.6. The van der Waals surface area contributed by atoms with E-state index in [0.717, 1.165) is 146 Å². The number of carbonyl (C=O) groups excluding carboxylic acids is 1. The average molecular weight is 1600 g/mol. The van der Waals surface area contributed by atoms with Gasteiger partial charge in [0.1, 0.15) is 66.7 Å². The van der Waals surface area contributed by atoms with Crippen molar-refractivity contribution in [2.24, 2.45) is 16.7 Å². The third-order valence-electron chi connectivity index (χ3n) is 25.8. The minimum atomic E-state index is -4.59. The van der Waals surface area contributed by atoms with Crippen LogP contribution in [0.1, 0.15) is 302 Å². The first-order valence-corrected chi connectivity index (χ1v) is 44.5. The molecule has 10 heteroatoms. The summed E-state index contributed by atoms with van der Waals surface area (Å²) in [7, 11) is -4.59. The Bertz CT molecular complexity index is 5520. The second kappa shape index (κ2) is 32.6. The maximum atomic E-state index is 16.2. The molecule has 2 atom stereocenters. The molecule has 13 rings (SSSR count). The molecule has 10 aromatic carbocycles. The summed E-state index contributed by atoms with van der Waals surface area (Å²) in [6, 6.07) is 61.5. The molecule has 1 N–H and O–H groups in total. The van der Waals surface area contributed by atoms with E-state index in [1.54, 1.807) is 0 Å². The van der Waals surface area contributed by atoms with Crippen LogP contribution in [0.15, 0.2) is 170 Å². The maximum Gasteiger partial charge on any atom is 0.310 e. The van der Waals surface area contributed by atoms with Crippen molar-refractivity contribution in [3.05, 3.63) is 315 Å². The van der Waals surface area contributed by atoms with Crippen LogP contribution in [0, 0.1) is 44.4 Å². The number of carbonyl (C=O) groups is 1. The zero-order valence-corrected chi connectivity index (χ0v) is 76.1. The summed E-state index contributed by atoms with van der Waals surface area (Å²) in [5.41, 5.74) is 21.3. The highest BCUT2D eigenvalue weighted by atomic mass is 32.2. The Kier molecular flexibility index (Phi) is 23.9. The summed E-state index contributed by atoms with van der Waals surface area (Å²) >= 11 is 0. The SMILES string of the molecule is Cc1ccc(COc2c3cc(C(C)(C)C)cc2Cc2cc(C(C)(C)C)cc(c2OCc2ccc(C)cc2)Cc2cc(C(C)(C)C)cc(c2OCc2ccc(C)cc2)Cc2cc(C(C)(C)C)cc(c2OS(=O)(=O)C[C@]24CC[C@H](CC2=O)C4(C)C)Cc2cc(C(C)(C)C)cc(c2OCc2ccc(C)cc2)Cc2cc(C(C)(C)C)cc(c2O)C3)cc1. The van der Waals surface area contributed by atoms with Crippen molar-refractivity contribution in [3.63, 3.8) is 0 Å². The van der Waals surface area contributed by atoms with E-state index in [2.05, 4.69) is 336 Å². The zero-order valence-electron chi connectivity index (χ0n) is 75.3. The Hall–Kier alpha value is -9.38. The summed E-state index contributed by atoms with van der Waals surface area (Å²) in [6.07, 6.45) is 3.40. The van der Waals surface area contributed by atoms with Crippen LogP contribution in [0.25, 0.3) is 0 Å². The Labute approximate surface area is 707 Å². The molecule has 0 spiro atoms. The first-order chi connectivity index (χ1) is 55.1. The highest BCUT2D eigenvalue weighted by Gasteiger charge is 2.66. The van der Waals surface area contributed by atoms with Crippen molar-refractivity contribution in [2.45, 2.75) is 283 Å². The van der Waals surface area contributed by atoms with Gasteiger partial charge in [0, 0.05) is 56.1 Å². The van der Waals surface area contributed by atoms with Crippen molar-refractivity contribution in [1.29, 1.82) is 0 Å². The van der Waals surface area contributed by atoms with E-state index < -0.39 is 42.9 Å². The number of Topliss-reactive ketones (excluding diaryl/α,β-unsaturated/α-hetero) is 1. The molecule has 10 aromatic rings. The maximum absolute atomic E-state index is 16.2. The Morgan fingerprint density at radius 1 is 0.339 bits per heavy atom. The minimum absolute atomic E-state index is 0.00310. The monoisotopic (exact) mass is 1600 g/mol. The minimum Gasteiger partial charge on any atom is -0.507 e. The summed E-state index contributed by atoms with van der Waals surface area (Å²) in [5.74, 6) is 2.90. The average Bonchev–Trinajstić information content (AvgIpc) is 1.54. The molecule has 622 valence electrons. The molecule has 0 amide bonds. The van der Waals surface area contributed by atoms with Gasteiger partial charge < -0.3 is 28.2 Å². The molecular weight excluding hydrogens is 1470 g/mol. The number of ketones is 1. The van der Waals surface area contributed by atoms with Crippen LogP contribution in [0.5, 0.6) is 34.5 Å². The molecule has 0 aliphatic heterocycles. The molecule has 2 saturated carbocycles. The quantitative estimate of drug-likeness (QED) is 0.0944. The van der Waals surface area contributed by atoms with Gasteiger partial charge in [-0.1, -0.05) is 331 Å². The molecule has 3 aliphatic rings. The molecule has 0 radical (unpaired) electrons. The first-order valence-electron chi connectivity index (χ1n) is 42.9. The zero-order chi connectivity index (χ0) is 85.4. The van der Waals surface area contributed by atoms with Crippen molar-refractivity contribution in [1.82, 2.24) is 0 Å². The summed E-state index contributed by atoms with van der Waals surface area (Å²) in [5, 5.41) is 13.7. The third kappa shape index (κ3) is 19.2. The van der Waals surface area contributed by atoms with Gasteiger partial charge in [-0.25, -0.2) is 0 Å². The lowest BCUT2D eigenvalue weighted by Crippen LogP contribution is -2.43. The largest absolute Gasteiger partial charge is 0.507 e. The van der Waals surface area contributed by atoms with Crippen molar-refractivity contribution in [3.8, 4) is 34.5 Å². The fraction of sp³-hybridized carbons (Fsp3) is 0.435. The second-order valence-corrected chi connectivity index (χ2v) is 43.4. The molecule has 118 heavy (non-hydrogen) atoms. The van der Waals surface area contributed by atoms with E-state index in [1.165, 1.54) is 5.56 Å².